The third-order valence-electron chi connectivity index (χ3n) is 5.81. The van der Waals surface area contributed by atoms with E-state index in [2.05, 4.69) is 10.2 Å². The predicted octanol–water partition coefficient (Wildman–Crippen LogP) is 3.91. The standard InChI is InChI=1S/C25H25F3N4O4/c1-34-21-8-6-17(14-22(21)35-2)20-7-9-23(30-29-20)31-10-12-32(13-11-31)24(33)16-36-19-5-3-4-18(15-19)25(26,27)28/h3-9,14-15H,10-13,16H2,1-2H3. The molecule has 0 N–H and O–H groups in total. The number of carbonyl (C=O) groups excluding carboxylic acids is 1. The zero-order chi connectivity index (χ0) is 25.7. The van der Waals surface area contributed by atoms with Crippen molar-refractivity contribution in [2.45, 2.75) is 6.18 Å². The molecule has 0 aliphatic carbocycles. The molecule has 8 nitrogen and oxygen atoms in total. The van der Waals surface area contributed by atoms with Crippen molar-refractivity contribution < 1.29 is 32.2 Å². The Labute approximate surface area is 206 Å². The van der Waals surface area contributed by atoms with Gasteiger partial charge < -0.3 is 24.0 Å². The maximum Gasteiger partial charge on any atom is 0.416 e. The topological polar surface area (TPSA) is 77.0 Å². The summed E-state index contributed by atoms with van der Waals surface area (Å²) in [4.78, 5) is 16.1. The zero-order valence-electron chi connectivity index (χ0n) is 19.8. The SMILES string of the molecule is COc1ccc(-c2ccc(N3CCN(C(=O)COc4cccc(C(F)(F)F)c4)CC3)nn2)cc1OC. The van der Waals surface area contributed by atoms with Crippen molar-refractivity contribution in [2.75, 3.05) is 51.9 Å². The first-order valence-corrected chi connectivity index (χ1v) is 11.2. The molecule has 4 rings (SSSR count). The molecule has 3 aromatic rings. The van der Waals surface area contributed by atoms with Crippen LogP contribution in [-0.2, 0) is 11.0 Å². The van der Waals surface area contributed by atoms with Crippen LogP contribution in [0.2, 0.25) is 0 Å². The van der Waals surface area contributed by atoms with Gasteiger partial charge in [0.2, 0.25) is 0 Å². The van der Waals surface area contributed by atoms with Crippen molar-refractivity contribution in [1.29, 1.82) is 0 Å². The number of alkyl halides is 3. The molecule has 0 bridgehead atoms. The first-order chi connectivity index (χ1) is 17.3. The first-order valence-electron chi connectivity index (χ1n) is 11.2. The molecule has 0 unspecified atom stereocenters. The van der Waals surface area contributed by atoms with Crippen LogP contribution in [0.15, 0.2) is 54.6 Å². The number of methoxy groups -OCH3 is 2. The lowest BCUT2D eigenvalue weighted by molar-refractivity contribution is -0.137. The zero-order valence-corrected chi connectivity index (χ0v) is 19.8. The van der Waals surface area contributed by atoms with Crippen LogP contribution in [0.5, 0.6) is 17.2 Å². The van der Waals surface area contributed by atoms with Gasteiger partial charge in [0.25, 0.3) is 5.91 Å². The molecule has 36 heavy (non-hydrogen) atoms. The second-order valence-corrected chi connectivity index (χ2v) is 8.03. The fraction of sp³-hybridized carbons (Fsp3) is 0.320. The highest BCUT2D eigenvalue weighted by atomic mass is 19.4. The molecule has 1 aromatic heterocycles. The van der Waals surface area contributed by atoms with E-state index in [-0.39, 0.29) is 18.3 Å². The summed E-state index contributed by atoms with van der Waals surface area (Å²) in [7, 11) is 3.14. The Bertz CT molecular complexity index is 1200. The number of amides is 1. The van der Waals surface area contributed by atoms with Gasteiger partial charge in [0, 0.05) is 31.7 Å². The van der Waals surface area contributed by atoms with Crippen LogP contribution in [0.3, 0.4) is 0 Å². The van der Waals surface area contributed by atoms with Crippen molar-refractivity contribution in [3.63, 3.8) is 0 Å². The molecular formula is C25H25F3N4O4. The molecule has 1 amide bonds. The maximum atomic E-state index is 12.8. The van der Waals surface area contributed by atoms with Gasteiger partial charge in [-0.3, -0.25) is 4.79 Å². The van der Waals surface area contributed by atoms with E-state index in [1.54, 1.807) is 25.2 Å². The largest absolute Gasteiger partial charge is 0.493 e. The minimum Gasteiger partial charge on any atom is -0.493 e. The van der Waals surface area contributed by atoms with Crippen LogP contribution in [0.1, 0.15) is 5.56 Å². The van der Waals surface area contributed by atoms with Gasteiger partial charge in [0.1, 0.15) is 5.75 Å². The van der Waals surface area contributed by atoms with E-state index in [0.717, 1.165) is 17.7 Å². The molecule has 11 heteroatoms. The molecule has 2 heterocycles. The summed E-state index contributed by atoms with van der Waals surface area (Å²) in [6, 6.07) is 13.7. The number of aromatic nitrogens is 2. The molecule has 1 aliphatic rings. The van der Waals surface area contributed by atoms with E-state index < -0.39 is 11.7 Å². The van der Waals surface area contributed by atoms with E-state index >= 15 is 0 Å². The number of anilines is 1. The fourth-order valence-electron chi connectivity index (χ4n) is 3.83. The van der Waals surface area contributed by atoms with E-state index in [4.69, 9.17) is 14.2 Å². The van der Waals surface area contributed by atoms with E-state index in [1.807, 2.05) is 29.2 Å². The van der Waals surface area contributed by atoms with Gasteiger partial charge in [-0.25, -0.2) is 0 Å². The van der Waals surface area contributed by atoms with E-state index in [1.165, 1.54) is 12.1 Å². The van der Waals surface area contributed by atoms with Crippen molar-refractivity contribution in [1.82, 2.24) is 15.1 Å². The number of piperazine rings is 1. The van der Waals surface area contributed by atoms with Crippen molar-refractivity contribution in [2.24, 2.45) is 0 Å². The highest BCUT2D eigenvalue weighted by molar-refractivity contribution is 5.78. The highest BCUT2D eigenvalue weighted by Gasteiger charge is 2.30. The maximum absolute atomic E-state index is 12.8. The predicted molar refractivity (Wildman–Crippen MR) is 126 cm³/mol. The Kier molecular flexibility index (Phi) is 7.47. The summed E-state index contributed by atoms with van der Waals surface area (Å²) in [5.41, 5.74) is 0.697. The normalized spacial score (nSPS) is 13.9. The van der Waals surface area contributed by atoms with Crippen LogP contribution < -0.4 is 19.1 Å². The average molecular weight is 502 g/mol. The Hall–Kier alpha value is -4.02. The molecule has 0 radical (unpaired) electrons. The minimum atomic E-state index is -4.47. The smallest absolute Gasteiger partial charge is 0.416 e. The second kappa shape index (κ2) is 10.7. The van der Waals surface area contributed by atoms with Gasteiger partial charge in [0.05, 0.1) is 25.5 Å². The Morgan fingerprint density at radius 2 is 1.67 bits per heavy atom. The third-order valence-corrected chi connectivity index (χ3v) is 5.81. The number of rotatable bonds is 7. The van der Waals surface area contributed by atoms with E-state index in [9.17, 15) is 18.0 Å². The summed E-state index contributed by atoms with van der Waals surface area (Å²) in [6.45, 7) is 1.62. The Balaban J connectivity index is 1.31. The van der Waals surface area contributed by atoms with Gasteiger partial charge in [-0.1, -0.05) is 6.07 Å². The van der Waals surface area contributed by atoms with Crippen molar-refractivity contribution >= 4 is 11.7 Å². The van der Waals surface area contributed by atoms with Crippen LogP contribution in [0.4, 0.5) is 19.0 Å². The number of benzene rings is 2. The summed E-state index contributed by atoms with van der Waals surface area (Å²) < 4.78 is 54.5. The number of ether oxygens (including phenoxy) is 3. The Morgan fingerprint density at radius 1 is 0.917 bits per heavy atom. The third kappa shape index (κ3) is 5.78. The van der Waals surface area contributed by atoms with Crippen LogP contribution in [-0.4, -0.2) is 68.0 Å². The van der Waals surface area contributed by atoms with Crippen molar-refractivity contribution in [3.8, 4) is 28.5 Å². The molecule has 190 valence electrons. The average Bonchev–Trinajstić information content (AvgIpc) is 2.91. The molecule has 0 saturated carbocycles. The minimum absolute atomic E-state index is 0.00153. The quantitative estimate of drug-likeness (QED) is 0.485. The number of halogens is 3. The fourth-order valence-corrected chi connectivity index (χ4v) is 3.83. The monoisotopic (exact) mass is 502 g/mol. The lowest BCUT2D eigenvalue weighted by atomic mass is 10.1. The number of carbonyl (C=O) groups is 1. The number of hydrogen-bond donors (Lipinski definition) is 0. The second-order valence-electron chi connectivity index (χ2n) is 8.03. The van der Waals surface area contributed by atoms with Gasteiger partial charge in [-0.05, 0) is 48.5 Å². The number of hydrogen-bond acceptors (Lipinski definition) is 7. The van der Waals surface area contributed by atoms with Gasteiger partial charge in [0.15, 0.2) is 23.9 Å². The summed E-state index contributed by atoms with van der Waals surface area (Å²) in [5, 5.41) is 8.66. The molecular weight excluding hydrogens is 477 g/mol. The highest BCUT2D eigenvalue weighted by Crippen LogP contribution is 2.32. The Morgan fingerprint density at radius 3 is 2.31 bits per heavy atom. The summed E-state index contributed by atoms with van der Waals surface area (Å²) in [6.07, 6.45) is -4.47. The molecule has 2 aromatic carbocycles. The molecule has 0 spiro atoms. The van der Waals surface area contributed by atoms with Gasteiger partial charge in [-0.15, -0.1) is 10.2 Å². The summed E-state index contributed by atoms with van der Waals surface area (Å²) >= 11 is 0. The molecule has 0 atom stereocenters. The molecule has 1 aliphatic heterocycles. The molecule has 1 fully saturated rings. The van der Waals surface area contributed by atoms with Crippen LogP contribution in [0, 0.1) is 0 Å². The lowest BCUT2D eigenvalue weighted by Crippen LogP contribution is -2.50. The first kappa shape index (κ1) is 25.1. The summed E-state index contributed by atoms with van der Waals surface area (Å²) in [5.74, 6) is 1.62. The van der Waals surface area contributed by atoms with E-state index in [0.29, 0.717) is 49.2 Å². The van der Waals surface area contributed by atoms with Crippen LogP contribution in [0.25, 0.3) is 11.3 Å². The molecule has 1 saturated heterocycles. The van der Waals surface area contributed by atoms with Crippen molar-refractivity contribution in [3.05, 3.63) is 60.2 Å². The lowest BCUT2D eigenvalue weighted by Gasteiger charge is -2.35. The van der Waals surface area contributed by atoms with Gasteiger partial charge in [-0.2, -0.15) is 13.2 Å². The number of nitrogens with zero attached hydrogens (tertiary/aromatic N) is 4. The van der Waals surface area contributed by atoms with Gasteiger partial charge >= 0.3 is 6.18 Å². The van der Waals surface area contributed by atoms with Crippen LogP contribution >= 0.6 is 0 Å².